The van der Waals surface area contributed by atoms with Crippen molar-refractivity contribution in [3.63, 3.8) is 0 Å². The Morgan fingerprint density at radius 1 is 1.04 bits per heavy atom. The summed E-state index contributed by atoms with van der Waals surface area (Å²) in [4.78, 5) is 13.8. The Balaban J connectivity index is 1.49. The number of fused-ring (bicyclic) bond motifs is 4. The van der Waals surface area contributed by atoms with Gasteiger partial charge in [-0.1, -0.05) is 18.2 Å². The second-order valence-electron chi connectivity index (χ2n) is 7.16. The summed E-state index contributed by atoms with van der Waals surface area (Å²) >= 11 is 0. The zero-order chi connectivity index (χ0) is 17.8. The lowest BCUT2D eigenvalue weighted by atomic mass is 9.94. The van der Waals surface area contributed by atoms with E-state index in [2.05, 4.69) is 31.9 Å². The van der Waals surface area contributed by atoms with Gasteiger partial charge < -0.3 is 14.7 Å². The molecule has 138 valence electrons. The second-order valence-corrected chi connectivity index (χ2v) is 7.16. The molecule has 6 heteroatoms. The van der Waals surface area contributed by atoms with Crippen molar-refractivity contribution < 1.29 is 9.84 Å². The normalized spacial score (nSPS) is 23.0. The predicted molar refractivity (Wildman–Crippen MR) is 100 cm³/mol. The average Bonchev–Trinajstić information content (AvgIpc) is 3.00. The first kappa shape index (κ1) is 17.2. The van der Waals surface area contributed by atoms with Crippen LogP contribution in [-0.2, 0) is 6.54 Å². The number of hydrogen-bond donors (Lipinski definition) is 1. The van der Waals surface area contributed by atoms with Crippen LogP contribution in [0.4, 0.5) is 5.95 Å². The molecule has 0 aliphatic carbocycles. The molecule has 0 unspecified atom stereocenters. The summed E-state index contributed by atoms with van der Waals surface area (Å²) < 4.78 is 5.72. The van der Waals surface area contributed by atoms with E-state index < -0.39 is 0 Å². The molecule has 3 aliphatic heterocycles. The number of aliphatic hydroxyl groups excluding tert-OH is 1. The molecule has 5 rings (SSSR count). The summed E-state index contributed by atoms with van der Waals surface area (Å²) in [5.74, 6) is 2.37. The van der Waals surface area contributed by atoms with Gasteiger partial charge in [0, 0.05) is 50.2 Å². The first-order chi connectivity index (χ1) is 12.8. The zero-order valence-corrected chi connectivity index (χ0v) is 15.0. The smallest absolute Gasteiger partial charge is 0.225 e. The van der Waals surface area contributed by atoms with Crippen molar-refractivity contribution in [1.82, 2.24) is 14.9 Å². The third-order valence-electron chi connectivity index (χ3n) is 5.36. The fraction of sp³-hybridized carbons (Fsp3) is 0.500. The number of rotatable bonds is 6. The van der Waals surface area contributed by atoms with Crippen LogP contribution in [0.3, 0.4) is 0 Å². The summed E-state index contributed by atoms with van der Waals surface area (Å²) in [6.45, 7) is 4.35. The topological polar surface area (TPSA) is 61.7 Å². The van der Waals surface area contributed by atoms with Crippen molar-refractivity contribution in [3.05, 3.63) is 48.3 Å². The molecular weight excluding hydrogens is 328 g/mol. The molecule has 2 atom stereocenters. The summed E-state index contributed by atoms with van der Waals surface area (Å²) in [5, 5.41) is 9.05. The molecule has 26 heavy (non-hydrogen) atoms. The molecule has 0 amide bonds. The highest BCUT2D eigenvalue weighted by molar-refractivity contribution is 5.34. The number of piperidine rings is 1. The van der Waals surface area contributed by atoms with E-state index in [1.165, 1.54) is 18.4 Å². The van der Waals surface area contributed by atoms with Gasteiger partial charge in [-0.15, -0.1) is 0 Å². The molecule has 2 bridgehead atoms. The molecule has 0 spiro atoms. The number of aliphatic hydroxyl groups is 1. The summed E-state index contributed by atoms with van der Waals surface area (Å²) in [5.41, 5.74) is 1.19. The number of ether oxygens (including phenoxy) is 1. The van der Waals surface area contributed by atoms with Gasteiger partial charge in [-0.3, -0.25) is 4.90 Å². The summed E-state index contributed by atoms with van der Waals surface area (Å²) in [6.07, 6.45) is 6.13. The number of hydrogen-bond acceptors (Lipinski definition) is 6. The van der Waals surface area contributed by atoms with E-state index in [1.54, 1.807) is 0 Å². The van der Waals surface area contributed by atoms with Gasteiger partial charge in [0.25, 0.3) is 0 Å². The van der Waals surface area contributed by atoms with Crippen molar-refractivity contribution in [2.24, 2.45) is 5.92 Å². The first-order valence-corrected chi connectivity index (χ1v) is 9.41. The van der Waals surface area contributed by atoms with Gasteiger partial charge in [0.2, 0.25) is 5.95 Å². The maximum atomic E-state index is 9.05. The van der Waals surface area contributed by atoms with E-state index in [-0.39, 0.29) is 6.61 Å². The lowest BCUT2D eigenvalue weighted by Gasteiger charge is -2.36. The Labute approximate surface area is 154 Å². The van der Waals surface area contributed by atoms with Gasteiger partial charge >= 0.3 is 0 Å². The van der Waals surface area contributed by atoms with Crippen molar-refractivity contribution in [2.75, 3.05) is 37.7 Å². The Bertz CT molecular complexity index is 712. The maximum absolute atomic E-state index is 9.05. The molecular formula is C20H26N4O2. The molecule has 3 aliphatic rings. The monoisotopic (exact) mass is 354 g/mol. The molecule has 4 heterocycles. The molecule has 1 N–H and O–H groups in total. The van der Waals surface area contributed by atoms with Crippen LogP contribution < -0.4 is 9.64 Å². The van der Waals surface area contributed by atoms with E-state index in [1.807, 2.05) is 30.6 Å². The van der Waals surface area contributed by atoms with Crippen LogP contribution in [-0.4, -0.2) is 58.9 Å². The van der Waals surface area contributed by atoms with Crippen molar-refractivity contribution in [1.29, 1.82) is 0 Å². The van der Waals surface area contributed by atoms with Crippen LogP contribution in [0.1, 0.15) is 18.4 Å². The summed E-state index contributed by atoms with van der Waals surface area (Å²) in [6, 6.07) is 10.5. The number of anilines is 1. The third-order valence-corrected chi connectivity index (χ3v) is 5.36. The molecule has 6 nitrogen and oxygen atoms in total. The van der Waals surface area contributed by atoms with Gasteiger partial charge in [0.1, 0.15) is 12.4 Å². The molecule has 1 aromatic heterocycles. The fourth-order valence-electron chi connectivity index (χ4n) is 4.14. The largest absolute Gasteiger partial charge is 0.491 e. The lowest BCUT2D eigenvalue weighted by molar-refractivity contribution is 0.124. The minimum Gasteiger partial charge on any atom is -0.491 e. The van der Waals surface area contributed by atoms with E-state index >= 15 is 0 Å². The quantitative estimate of drug-likeness (QED) is 0.856. The van der Waals surface area contributed by atoms with E-state index in [9.17, 15) is 0 Å². The van der Waals surface area contributed by atoms with Crippen LogP contribution >= 0.6 is 0 Å². The third kappa shape index (κ3) is 3.81. The fourth-order valence-corrected chi connectivity index (χ4v) is 4.14. The molecule has 3 fully saturated rings. The number of nitrogens with zero attached hydrogens (tertiary/aromatic N) is 4. The zero-order valence-electron chi connectivity index (χ0n) is 15.0. The van der Waals surface area contributed by atoms with Gasteiger partial charge in [-0.05, 0) is 30.9 Å². The van der Waals surface area contributed by atoms with Crippen molar-refractivity contribution >= 4 is 5.95 Å². The Morgan fingerprint density at radius 2 is 1.88 bits per heavy atom. The number of aromatic nitrogens is 2. The highest BCUT2D eigenvalue weighted by Gasteiger charge is 2.35. The second kappa shape index (κ2) is 8.01. The highest BCUT2D eigenvalue weighted by atomic mass is 16.5. The van der Waals surface area contributed by atoms with Crippen LogP contribution in [0.5, 0.6) is 5.75 Å². The highest BCUT2D eigenvalue weighted by Crippen LogP contribution is 2.32. The maximum Gasteiger partial charge on any atom is 0.225 e. The van der Waals surface area contributed by atoms with Gasteiger partial charge in [0.05, 0.1) is 6.61 Å². The van der Waals surface area contributed by atoms with Crippen LogP contribution in [0.25, 0.3) is 0 Å². The van der Waals surface area contributed by atoms with E-state index in [0.717, 1.165) is 37.9 Å². The van der Waals surface area contributed by atoms with Gasteiger partial charge in [-0.25, -0.2) is 9.97 Å². The minimum atomic E-state index is 0.0365. The molecule has 2 aromatic rings. The molecule has 0 saturated carbocycles. The van der Waals surface area contributed by atoms with Crippen molar-refractivity contribution in [3.8, 4) is 5.75 Å². The predicted octanol–water partition coefficient (Wildman–Crippen LogP) is 1.95. The van der Waals surface area contributed by atoms with E-state index in [4.69, 9.17) is 9.84 Å². The SMILES string of the molecule is OCCOc1ccccc1CN1C[C@H]2CC[C@@H]1CN(c1ncccn1)C2. The average molecular weight is 354 g/mol. The Hall–Kier alpha value is -2.18. The van der Waals surface area contributed by atoms with Gasteiger partial charge in [0.15, 0.2) is 0 Å². The Morgan fingerprint density at radius 3 is 2.73 bits per heavy atom. The van der Waals surface area contributed by atoms with Gasteiger partial charge in [-0.2, -0.15) is 0 Å². The first-order valence-electron chi connectivity index (χ1n) is 9.41. The number of benzene rings is 1. The van der Waals surface area contributed by atoms with Crippen molar-refractivity contribution in [2.45, 2.75) is 25.4 Å². The van der Waals surface area contributed by atoms with E-state index in [0.29, 0.717) is 18.6 Å². The standard InChI is InChI=1S/C20H26N4O2/c25-10-11-26-19-5-2-1-4-17(19)14-23-12-16-6-7-18(23)15-24(13-16)20-21-8-3-9-22-20/h1-5,8-9,16,18,25H,6-7,10-15H2/t16-,18-/m1/s1. The van der Waals surface area contributed by atoms with Crippen LogP contribution in [0, 0.1) is 5.92 Å². The Kier molecular flexibility index (Phi) is 5.32. The molecule has 1 aromatic carbocycles. The van der Waals surface area contributed by atoms with Crippen LogP contribution in [0.15, 0.2) is 42.7 Å². The minimum absolute atomic E-state index is 0.0365. The molecule has 0 radical (unpaired) electrons. The molecule has 3 saturated heterocycles. The lowest BCUT2D eigenvalue weighted by Crippen LogP contribution is -2.43. The number of para-hydroxylation sites is 1. The van der Waals surface area contributed by atoms with Crippen LogP contribution in [0.2, 0.25) is 0 Å². The summed E-state index contributed by atoms with van der Waals surface area (Å²) in [7, 11) is 0.